The highest BCUT2D eigenvalue weighted by atomic mass is 16.8. The van der Waals surface area contributed by atoms with Crippen LogP contribution in [0, 0.1) is 50.2 Å². The van der Waals surface area contributed by atoms with Crippen molar-refractivity contribution < 1.29 is 119 Å². The van der Waals surface area contributed by atoms with Gasteiger partial charge in [-0.3, -0.25) is 4.79 Å². The topological polar surface area (TPSA) is 394 Å². The number of aliphatic hydroxyl groups is 15. The lowest BCUT2D eigenvalue weighted by molar-refractivity contribution is -0.398. The first-order chi connectivity index (χ1) is 36.5. The quantitative estimate of drug-likeness (QED) is 0.0631. The van der Waals surface area contributed by atoms with Gasteiger partial charge in [-0.1, -0.05) is 60.1 Å². The van der Waals surface area contributed by atoms with Crippen LogP contribution in [0.25, 0.3) is 0 Å². The van der Waals surface area contributed by atoms with Crippen molar-refractivity contribution in [2.75, 3.05) is 33.0 Å². The number of hydrogen-bond donors (Lipinski definition) is 15. The maximum Gasteiger partial charge on any atom is 0.187 e. The molecule has 0 amide bonds. The molecule has 0 radical (unpaired) electrons. The Bertz CT molecular complexity index is 2150. The SMILES string of the molecule is CC1(C)CC(OC2OC(CO)C(O)C(O)C2O)C2(CO)C(=O)CC3(C)C(=CCC4C5(C)CCC(OC6OC(CO)C(O)C(O)C6OC6OC(CO)C(O)C(O)C6OC6OC(CO)C(O)C(O)C6O)C(C)(C)C5CCC43C)C2C1. The first-order valence-electron chi connectivity index (χ1n) is 27.9. The molecule has 4 heterocycles. The molecule has 4 saturated heterocycles. The summed E-state index contributed by atoms with van der Waals surface area (Å²) in [5.74, 6) is -0.594. The number of allylic oxidation sites excluding steroid dienone is 2. The summed E-state index contributed by atoms with van der Waals surface area (Å²) >= 11 is 0. The maximum absolute atomic E-state index is 15.3. The molecule has 24 nitrogen and oxygen atoms in total. The van der Waals surface area contributed by atoms with Gasteiger partial charge in [-0.25, -0.2) is 0 Å². The summed E-state index contributed by atoms with van der Waals surface area (Å²) < 4.78 is 49.0. The van der Waals surface area contributed by atoms with Gasteiger partial charge in [-0.05, 0) is 84.4 Å². The van der Waals surface area contributed by atoms with Crippen molar-refractivity contribution in [1.82, 2.24) is 0 Å². The molecule has 4 aliphatic heterocycles. The molecule has 78 heavy (non-hydrogen) atoms. The van der Waals surface area contributed by atoms with E-state index in [4.69, 9.17) is 37.9 Å². The smallest absolute Gasteiger partial charge is 0.187 e. The second kappa shape index (κ2) is 22.2. The Morgan fingerprint density at radius 3 is 1.46 bits per heavy atom. The fourth-order valence-electron chi connectivity index (χ4n) is 16.6. The molecule has 29 unspecified atom stereocenters. The number of carbonyl (C=O) groups is 1. The summed E-state index contributed by atoms with van der Waals surface area (Å²) in [5.41, 5.74) is -2.85. The molecule has 0 aromatic rings. The predicted molar refractivity (Wildman–Crippen MR) is 264 cm³/mol. The molecule has 8 fully saturated rings. The van der Waals surface area contributed by atoms with E-state index in [0.717, 1.165) is 5.57 Å². The molecule has 15 N–H and O–H groups in total. The van der Waals surface area contributed by atoms with Crippen molar-refractivity contribution in [3.05, 3.63) is 11.6 Å². The van der Waals surface area contributed by atoms with Crippen LogP contribution in [0.15, 0.2) is 11.6 Å². The molecular weight excluding hydrogens is 1030 g/mol. The van der Waals surface area contributed by atoms with E-state index in [2.05, 4.69) is 54.5 Å². The number of Topliss-reactive ketones (excluding diaryl/α,β-unsaturated/α-hetero) is 1. The van der Waals surface area contributed by atoms with Gasteiger partial charge in [-0.2, -0.15) is 0 Å². The number of hydrogen-bond acceptors (Lipinski definition) is 24. The van der Waals surface area contributed by atoms with E-state index in [-0.39, 0.29) is 29.5 Å². The highest BCUT2D eigenvalue weighted by Gasteiger charge is 2.72. The predicted octanol–water partition coefficient (Wildman–Crippen LogP) is -3.41. The van der Waals surface area contributed by atoms with E-state index in [1.54, 1.807) is 0 Å². The minimum Gasteiger partial charge on any atom is -0.395 e. The minimum atomic E-state index is -1.95. The van der Waals surface area contributed by atoms with Crippen molar-refractivity contribution in [2.45, 2.75) is 235 Å². The number of aliphatic hydroxyl groups excluding tert-OH is 15. The molecule has 0 aromatic carbocycles. The largest absolute Gasteiger partial charge is 0.395 e. The van der Waals surface area contributed by atoms with Crippen LogP contribution in [0.2, 0.25) is 0 Å². The number of fused-ring (bicyclic) bond motifs is 7. The molecule has 0 bridgehead atoms. The Hall–Kier alpha value is -1.51. The van der Waals surface area contributed by atoms with Crippen LogP contribution in [-0.2, 0) is 42.7 Å². The van der Waals surface area contributed by atoms with Crippen LogP contribution >= 0.6 is 0 Å². The van der Waals surface area contributed by atoms with E-state index < -0.39 is 201 Å². The number of ketones is 1. The third-order valence-corrected chi connectivity index (χ3v) is 21.3. The van der Waals surface area contributed by atoms with Crippen molar-refractivity contribution in [3.63, 3.8) is 0 Å². The summed E-state index contributed by atoms with van der Waals surface area (Å²) in [6, 6.07) is 0. The van der Waals surface area contributed by atoms with Crippen LogP contribution in [0.5, 0.6) is 0 Å². The van der Waals surface area contributed by atoms with E-state index in [9.17, 15) is 76.6 Å². The third-order valence-electron chi connectivity index (χ3n) is 21.3. The monoisotopic (exact) mass is 1120 g/mol. The summed E-state index contributed by atoms with van der Waals surface area (Å²) in [7, 11) is 0. The maximum atomic E-state index is 15.3. The molecule has 0 aromatic heterocycles. The van der Waals surface area contributed by atoms with Gasteiger partial charge in [0.1, 0.15) is 103 Å². The number of ether oxygens (including phenoxy) is 8. The molecule has 5 aliphatic carbocycles. The zero-order valence-corrected chi connectivity index (χ0v) is 45.6. The fourth-order valence-corrected chi connectivity index (χ4v) is 16.6. The fraction of sp³-hybridized carbons (Fsp3) is 0.944. The second-order valence-corrected chi connectivity index (χ2v) is 26.3. The molecule has 448 valence electrons. The Morgan fingerprint density at radius 2 is 0.962 bits per heavy atom. The Labute approximate surface area is 453 Å². The molecule has 4 saturated carbocycles. The van der Waals surface area contributed by atoms with Gasteiger partial charge < -0.3 is 114 Å². The highest BCUT2D eigenvalue weighted by molar-refractivity contribution is 5.89. The first-order valence-corrected chi connectivity index (χ1v) is 27.9. The van der Waals surface area contributed by atoms with Crippen molar-refractivity contribution >= 4 is 5.78 Å². The standard InChI is InChI=1S/C54H88O24/c1-49(2)14-23-22-8-9-29-51(5)12-11-31(50(3,4)28(51)10-13-52(29,6)53(22,7)15-30(60)54(23,21-59)32(16-49)76-45-41(69)37(65)33(61)24(17-55)71-45)75-47-43(39(67)35(63)26(19-57)73-47)78-48-44(40(68)36(64)27(20-58)74-48)77-46-42(70)38(66)34(62)25(18-56)72-46/h8,23-29,31-48,55-59,61-70H,9-21H2,1-7H3. The van der Waals surface area contributed by atoms with Crippen LogP contribution in [0.1, 0.15) is 99.8 Å². The summed E-state index contributed by atoms with van der Waals surface area (Å²) in [5, 5.41) is 161. The van der Waals surface area contributed by atoms with E-state index in [1.165, 1.54) is 0 Å². The van der Waals surface area contributed by atoms with Crippen LogP contribution < -0.4 is 0 Å². The van der Waals surface area contributed by atoms with Crippen molar-refractivity contribution in [1.29, 1.82) is 0 Å². The van der Waals surface area contributed by atoms with E-state index in [0.29, 0.717) is 44.9 Å². The van der Waals surface area contributed by atoms with Crippen LogP contribution in [0.4, 0.5) is 0 Å². The molecule has 29 atom stereocenters. The summed E-state index contributed by atoms with van der Waals surface area (Å²) in [4.78, 5) is 15.3. The summed E-state index contributed by atoms with van der Waals surface area (Å²) in [6.45, 7) is 11.5. The minimum absolute atomic E-state index is 0.00631. The van der Waals surface area contributed by atoms with Gasteiger partial charge in [0, 0.05) is 11.8 Å². The zero-order valence-electron chi connectivity index (χ0n) is 45.6. The van der Waals surface area contributed by atoms with Gasteiger partial charge in [-0.15, -0.1) is 0 Å². The van der Waals surface area contributed by atoms with Gasteiger partial charge >= 0.3 is 0 Å². The van der Waals surface area contributed by atoms with Crippen LogP contribution in [0.3, 0.4) is 0 Å². The summed E-state index contributed by atoms with van der Waals surface area (Å²) in [6.07, 6.45) is -28.9. The lowest BCUT2D eigenvalue weighted by Crippen LogP contribution is -2.69. The Kier molecular flexibility index (Phi) is 17.3. The third kappa shape index (κ3) is 9.62. The average molecular weight is 1120 g/mol. The Morgan fingerprint density at radius 1 is 0.513 bits per heavy atom. The van der Waals surface area contributed by atoms with Crippen LogP contribution in [-0.4, -0.2) is 250 Å². The second-order valence-electron chi connectivity index (χ2n) is 26.3. The normalized spacial score (nSPS) is 54.0. The van der Waals surface area contributed by atoms with Gasteiger partial charge in [0.05, 0.1) is 50.7 Å². The Balaban J connectivity index is 0.975. The number of rotatable bonds is 13. The molecule has 9 rings (SSSR count). The number of carbonyl (C=O) groups excluding carboxylic acids is 1. The molecule has 0 spiro atoms. The molecular formula is C54H88O24. The van der Waals surface area contributed by atoms with E-state index >= 15 is 4.79 Å². The first kappa shape index (κ1) is 61.1. The van der Waals surface area contributed by atoms with Gasteiger partial charge in [0.2, 0.25) is 0 Å². The zero-order chi connectivity index (χ0) is 57.1. The van der Waals surface area contributed by atoms with Crippen molar-refractivity contribution in [3.8, 4) is 0 Å². The van der Waals surface area contributed by atoms with Gasteiger partial charge in [0.15, 0.2) is 25.2 Å². The molecule has 9 aliphatic rings. The van der Waals surface area contributed by atoms with Crippen molar-refractivity contribution in [2.24, 2.45) is 50.2 Å². The average Bonchev–Trinajstić information content (AvgIpc) is 2.00. The van der Waals surface area contributed by atoms with E-state index in [1.807, 2.05) is 0 Å². The van der Waals surface area contributed by atoms with Gasteiger partial charge in [0.25, 0.3) is 0 Å². The molecule has 24 heteroatoms. The lowest BCUT2D eigenvalue weighted by atomic mass is 9.33. The lowest BCUT2D eigenvalue weighted by Gasteiger charge is -2.71. The highest BCUT2D eigenvalue weighted by Crippen LogP contribution is 2.75.